The van der Waals surface area contributed by atoms with E-state index in [-0.39, 0.29) is 0 Å². The second-order valence-corrected chi connectivity index (χ2v) is 8.14. The summed E-state index contributed by atoms with van der Waals surface area (Å²) in [7, 11) is 0. The maximum Gasteiger partial charge on any atom is 0.223 e. The van der Waals surface area contributed by atoms with Gasteiger partial charge < -0.3 is 16.4 Å². The van der Waals surface area contributed by atoms with Gasteiger partial charge in [0.2, 0.25) is 5.95 Å². The second-order valence-electron chi connectivity index (χ2n) is 6.45. The Bertz CT molecular complexity index is 1120. The van der Waals surface area contributed by atoms with Gasteiger partial charge in [0.05, 0.1) is 27.1 Å². The number of nitrogens with two attached hydrogens (primary N) is 1. The molecule has 0 amide bonds. The predicted octanol–water partition coefficient (Wildman–Crippen LogP) is 4.75. The number of anilines is 1. The van der Waals surface area contributed by atoms with E-state index in [0.29, 0.717) is 33.9 Å². The number of nitrogens with zero attached hydrogens (tertiary/aromatic N) is 3. The summed E-state index contributed by atoms with van der Waals surface area (Å²) in [6, 6.07) is 11.2. The van der Waals surface area contributed by atoms with Crippen LogP contribution in [0.5, 0.6) is 0 Å². The van der Waals surface area contributed by atoms with Gasteiger partial charge in [0, 0.05) is 36.1 Å². The smallest absolute Gasteiger partial charge is 0.223 e. The molecule has 152 valence electrons. The molecule has 3 aromatic rings. The monoisotopic (exact) mass is 456 g/mol. The summed E-state index contributed by atoms with van der Waals surface area (Å²) in [6.45, 7) is 0.696. The van der Waals surface area contributed by atoms with Crippen LogP contribution in [0.15, 0.2) is 65.4 Å². The molecule has 1 aliphatic rings. The number of rotatable bonds is 6. The molecule has 0 saturated heterocycles. The standard InChI is InChI=1S/C21H18Cl2N6S/c22-15-4-3-14(10-16(15)23)18-12-30-20(28-18)19(24)17-6-9-27-21(29-17)26-8-5-13-2-1-7-25-11-13/h1-4,6-7,9-12,28H,5,8,24H2,(H,26,27,29)/b20-19+. The largest absolute Gasteiger partial charge is 0.395 e. The second kappa shape index (κ2) is 9.38. The van der Waals surface area contributed by atoms with E-state index in [1.165, 1.54) is 11.8 Å². The quantitative estimate of drug-likeness (QED) is 0.492. The number of thioether (sulfide) groups is 1. The fourth-order valence-electron chi connectivity index (χ4n) is 2.81. The molecular weight excluding hydrogens is 439 g/mol. The Morgan fingerprint density at radius 2 is 2.03 bits per heavy atom. The first kappa shape index (κ1) is 20.5. The fourth-order valence-corrected chi connectivity index (χ4v) is 3.94. The minimum atomic E-state index is 0.505. The lowest BCUT2D eigenvalue weighted by Crippen LogP contribution is -2.13. The zero-order chi connectivity index (χ0) is 20.9. The summed E-state index contributed by atoms with van der Waals surface area (Å²) in [5.74, 6) is 0.528. The molecule has 0 radical (unpaired) electrons. The first-order valence-corrected chi connectivity index (χ1v) is 10.8. The number of nitrogens with one attached hydrogen (secondary N) is 2. The molecule has 0 unspecified atom stereocenters. The van der Waals surface area contributed by atoms with Crippen LogP contribution < -0.4 is 16.4 Å². The van der Waals surface area contributed by atoms with Crippen LogP contribution in [0.3, 0.4) is 0 Å². The molecule has 0 saturated carbocycles. The number of halogens is 2. The maximum atomic E-state index is 6.37. The van der Waals surface area contributed by atoms with Crippen LogP contribution in [0, 0.1) is 0 Å². The Hall–Kier alpha value is -2.74. The van der Waals surface area contributed by atoms with Gasteiger partial charge in [-0.2, -0.15) is 0 Å². The lowest BCUT2D eigenvalue weighted by molar-refractivity contribution is 0.970. The van der Waals surface area contributed by atoms with E-state index in [4.69, 9.17) is 28.9 Å². The van der Waals surface area contributed by atoms with Crippen LogP contribution in [0.1, 0.15) is 16.8 Å². The van der Waals surface area contributed by atoms with E-state index in [9.17, 15) is 0 Å². The van der Waals surface area contributed by atoms with E-state index in [1.807, 2.05) is 35.9 Å². The molecule has 0 spiro atoms. The number of pyridine rings is 1. The summed E-state index contributed by atoms with van der Waals surface area (Å²) in [5.41, 5.74) is 10.5. The molecule has 1 aromatic carbocycles. The summed E-state index contributed by atoms with van der Waals surface area (Å²) >= 11 is 13.6. The van der Waals surface area contributed by atoms with Crippen molar-refractivity contribution < 1.29 is 0 Å². The molecule has 9 heteroatoms. The predicted molar refractivity (Wildman–Crippen MR) is 125 cm³/mol. The molecule has 0 bridgehead atoms. The van der Waals surface area contributed by atoms with Crippen LogP contribution in [-0.4, -0.2) is 21.5 Å². The molecule has 6 nitrogen and oxygen atoms in total. The molecule has 1 aliphatic heterocycles. The van der Waals surface area contributed by atoms with E-state index < -0.39 is 0 Å². The highest BCUT2D eigenvalue weighted by molar-refractivity contribution is 8.06. The van der Waals surface area contributed by atoms with Crippen LogP contribution in [0.4, 0.5) is 5.95 Å². The molecule has 2 aromatic heterocycles. The van der Waals surface area contributed by atoms with Gasteiger partial charge >= 0.3 is 0 Å². The topological polar surface area (TPSA) is 88.8 Å². The van der Waals surface area contributed by atoms with Crippen molar-refractivity contribution in [2.24, 2.45) is 5.73 Å². The van der Waals surface area contributed by atoms with Crippen molar-refractivity contribution in [2.45, 2.75) is 6.42 Å². The van der Waals surface area contributed by atoms with E-state index in [2.05, 4.69) is 25.6 Å². The van der Waals surface area contributed by atoms with Crippen molar-refractivity contribution in [3.63, 3.8) is 0 Å². The SMILES string of the molecule is N/C(=C1\NC(c2ccc(Cl)c(Cl)c2)=CS1)c1ccnc(NCCc2cccnc2)n1. The van der Waals surface area contributed by atoms with Gasteiger partial charge in [0.25, 0.3) is 0 Å². The maximum absolute atomic E-state index is 6.37. The highest BCUT2D eigenvalue weighted by Gasteiger charge is 2.17. The summed E-state index contributed by atoms with van der Waals surface area (Å²) in [5, 5.41) is 10.4. The normalized spacial score (nSPS) is 14.8. The average molecular weight is 457 g/mol. The molecule has 0 atom stereocenters. The van der Waals surface area contributed by atoms with E-state index in [0.717, 1.165) is 28.3 Å². The van der Waals surface area contributed by atoms with Crippen molar-refractivity contribution in [1.29, 1.82) is 0 Å². The molecule has 4 rings (SSSR count). The lowest BCUT2D eigenvalue weighted by atomic mass is 10.2. The number of benzene rings is 1. The van der Waals surface area contributed by atoms with Gasteiger partial charge in [0.15, 0.2) is 0 Å². The van der Waals surface area contributed by atoms with Crippen molar-refractivity contribution in [3.05, 3.63) is 92.3 Å². The minimum Gasteiger partial charge on any atom is -0.395 e. The third-order valence-electron chi connectivity index (χ3n) is 4.37. The van der Waals surface area contributed by atoms with Gasteiger partial charge in [-0.15, -0.1) is 0 Å². The first-order chi connectivity index (χ1) is 14.6. The molecular formula is C21H18Cl2N6S. The highest BCUT2D eigenvalue weighted by atomic mass is 35.5. The van der Waals surface area contributed by atoms with Gasteiger partial charge in [-0.1, -0.05) is 47.1 Å². The van der Waals surface area contributed by atoms with E-state index in [1.54, 1.807) is 24.5 Å². The van der Waals surface area contributed by atoms with Crippen molar-refractivity contribution >= 4 is 52.3 Å². The van der Waals surface area contributed by atoms with Crippen LogP contribution in [0.25, 0.3) is 11.4 Å². The zero-order valence-corrected chi connectivity index (χ0v) is 18.1. The van der Waals surface area contributed by atoms with Crippen molar-refractivity contribution in [2.75, 3.05) is 11.9 Å². The van der Waals surface area contributed by atoms with Crippen molar-refractivity contribution in [1.82, 2.24) is 20.3 Å². The first-order valence-electron chi connectivity index (χ1n) is 9.15. The Labute approximate surface area is 188 Å². The lowest BCUT2D eigenvalue weighted by Gasteiger charge is -2.10. The number of aromatic nitrogens is 3. The zero-order valence-electron chi connectivity index (χ0n) is 15.8. The average Bonchev–Trinajstić information content (AvgIpc) is 3.26. The Morgan fingerprint density at radius 3 is 2.83 bits per heavy atom. The Kier molecular flexibility index (Phi) is 6.42. The minimum absolute atomic E-state index is 0.505. The summed E-state index contributed by atoms with van der Waals surface area (Å²) in [4.78, 5) is 12.9. The molecule has 3 heterocycles. The molecule has 30 heavy (non-hydrogen) atoms. The third kappa shape index (κ3) is 4.87. The Balaban J connectivity index is 1.43. The third-order valence-corrected chi connectivity index (χ3v) is 6.02. The highest BCUT2D eigenvalue weighted by Crippen LogP contribution is 2.35. The fraction of sp³-hybridized carbons (Fsp3) is 0.0952. The van der Waals surface area contributed by atoms with Gasteiger partial charge in [0.1, 0.15) is 5.03 Å². The number of hydrogen-bond donors (Lipinski definition) is 3. The van der Waals surface area contributed by atoms with Crippen LogP contribution >= 0.6 is 35.0 Å². The molecule has 0 fully saturated rings. The van der Waals surface area contributed by atoms with Gasteiger partial charge in [-0.05, 0) is 36.2 Å². The van der Waals surface area contributed by atoms with Gasteiger partial charge in [-0.25, -0.2) is 9.97 Å². The summed E-state index contributed by atoms with van der Waals surface area (Å²) in [6.07, 6.45) is 6.13. The Morgan fingerprint density at radius 1 is 1.13 bits per heavy atom. The molecule has 4 N–H and O–H groups in total. The van der Waals surface area contributed by atoms with E-state index >= 15 is 0 Å². The van der Waals surface area contributed by atoms with Crippen LogP contribution in [0.2, 0.25) is 10.0 Å². The molecule has 0 aliphatic carbocycles. The summed E-state index contributed by atoms with van der Waals surface area (Å²) < 4.78 is 0. The van der Waals surface area contributed by atoms with Crippen molar-refractivity contribution in [3.8, 4) is 0 Å². The van der Waals surface area contributed by atoms with Crippen LogP contribution in [-0.2, 0) is 6.42 Å². The van der Waals surface area contributed by atoms with Gasteiger partial charge in [-0.3, -0.25) is 4.98 Å². The number of hydrogen-bond acceptors (Lipinski definition) is 7.